The number of halogens is 1. The standard InChI is InChI=1S/C16H16ClN3O3/c1-22-13-4-2-3-12(5-13)16(21)20-8-11(9-20)10-23-15-7-18-6-14(17)19-15/h2-7,11H,8-10H2,1H3. The van der Waals surface area contributed by atoms with Crippen LogP contribution in [0.1, 0.15) is 10.4 Å². The van der Waals surface area contributed by atoms with Crippen LogP contribution in [0, 0.1) is 5.92 Å². The van der Waals surface area contributed by atoms with E-state index in [2.05, 4.69) is 9.97 Å². The first-order valence-corrected chi connectivity index (χ1v) is 7.57. The molecule has 3 rings (SSSR count). The number of rotatable bonds is 5. The van der Waals surface area contributed by atoms with Crippen molar-refractivity contribution in [2.45, 2.75) is 0 Å². The Morgan fingerprint density at radius 3 is 2.96 bits per heavy atom. The van der Waals surface area contributed by atoms with E-state index in [-0.39, 0.29) is 11.8 Å². The second kappa shape index (κ2) is 6.83. The van der Waals surface area contributed by atoms with Crippen molar-refractivity contribution in [1.82, 2.24) is 14.9 Å². The molecular formula is C16H16ClN3O3. The van der Waals surface area contributed by atoms with Crippen molar-refractivity contribution in [2.75, 3.05) is 26.8 Å². The highest BCUT2D eigenvalue weighted by Gasteiger charge is 2.31. The number of nitrogens with zero attached hydrogens (tertiary/aromatic N) is 3. The van der Waals surface area contributed by atoms with Gasteiger partial charge in [-0.3, -0.25) is 9.78 Å². The molecule has 1 aliphatic heterocycles. The minimum Gasteiger partial charge on any atom is -0.497 e. The van der Waals surface area contributed by atoms with Crippen LogP contribution in [0.4, 0.5) is 0 Å². The summed E-state index contributed by atoms with van der Waals surface area (Å²) in [5.41, 5.74) is 0.629. The molecule has 23 heavy (non-hydrogen) atoms. The summed E-state index contributed by atoms with van der Waals surface area (Å²) in [7, 11) is 1.58. The quantitative estimate of drug-likeness (QED) is 0.840. The van der Waals surface area contributed by atoms with Gasteiger partial charge in [0.1, 0.15) is 5.75 Å². The molecule has 0 saturated carbocycles. The molecule has 2 aromatic rings. The number of hydrogen-bond donors (Lipinski definition) is 0. The molecule has 120 valence electrons. The Bertz CT molecular complexity index is 704. The fourth-order valence-corrected chi connectivity index (χ4v) is 2.52. The van der Waals surface area contributed by atoms with Gasteiger partial charge >= 0.3 is 0 Å². The molecule has 1 amide bonds. The molecular weight excluding hydrogens is 318 g/mol. The number of aromatic nitrogens is 2. The Hall–Kier alpha value is -2.34. The zero-order valence-corrected chi connectivity index (χ0v) is 13.4. The van der Waals surface area contributed by atoms with Crippen LogP contribution < -0.4 is 9.47 Å². The van der Waals surface area contributed by atoms with Crippen molar-refractivity contribution in [3.8, 4) is 11.6 Å². The monoisotopic (exact) mass is 333 g/mol. The molecule has 6 nitrogen and oxygen atoms in total. The normalized spacial score (nSPS) is 14.3. The van der Waals surface area contributed by atoms with E-state index in [1.54, 1.807) is 24.1 Å². The number of ether oxygens (including phenoxy) is 2. The summed E-state index contributed by atoms with van der Waals surface area (Å²) in [6.07, 6.45) is 2.97. The maximum absolute atomic E-state index is 12.3. The second-order valence-corrected chi connectivity index (χ2v) is 5.69. The molecule has 0 aliphatic carbocycles. The van der Waals surface area contributed by atoms with Gasteiger partial charge in [-0.2, -0.15) is 4.98 Å². The number of carbonyl (C=O) groups is 1. The third kappa shape index (κ3) is 3.71. The predicted octanol–water partition coefficient (Wildman–Crippen LogP) is 2.29. The van der Waals surface area contributed by atoms with Crippen LogP contribution in [-0.4, -0.2) is 47.6 Å². The van der Waals surface area contributed by atoms with Gasteiger partial charge in [0, 0.05) is 24.6 Å². The van der Waals surface area contributed by atoms with Gasteiger partial charge in [-0.15, -0.1) is 0 Å². The maximum atomic E-state index is 12.3. The lowest BCUT2D eigenvalue weighted by atomic mass is 10.00. The van der Waals surface area contributed by atoms with Crippen LogP contribution in [0.15, 0.2) is 36.7 Å². The number of carbonyl (C=O) groups excluding carboxylic acids is 1. The molecule has 0 bridgehead atoms. The molecule has 0 spiro atoms. The molecule has 1 fully saturated rings. The van der Waals surface area contributed by atoms with Crippen molar-refractivity contribution in [1.29, 1.82) is 0 Å². The number of hydrogen-bond acceptors (Lipinski definition) is 5. The average Bonchev–Trinajstić information content (AvgIpc) is 2.53. The van der Waals surface area contributed by atoms with E-state index in [1.165, 1.54) is 12.4 Å². The van der Waals surface area contributed by atoms with Crippen molar-refractivity contribution in [3.05, 3.63) is 47.4 Å². The van der Waals surface area contributed by atoms with Crippen molar-refractivity contribution >= 4 is 17.5 Å². The molecule has 1 aromatic heterocycles. The minimum atomic E-state index is 0.00250. The lowest BCUT2D eigenvalue weighted by Crippen LogP contribution is -2.52. The van der Waals surface area contributed by atoms with Crippen molar-refractivity contribution < 1.29 is 14.3 Å². The van der Waals surface area contributed by atoms with Gasteiger partial charge in [0.15, 0.2) is 5.15 Å². The number of likely N-dealkylation sites (tertiary alicyclic amines) is 1. The lowest BCUT2D eigenvalue weighted by molar-refractivity contribution is 0.0387. The largest absolute Gasteiger partial charge is 0.497 e. The highest BCUT2D eigenvalue weighted by molar-refractivity contribution is 6.29. The fraction of sp³-hybridized carbons (Fsp3) is 0.312. The Labute approximate surface area is 139 Å². The molecule has 0 atom stereocenters. The number of benzene rings is 1. The third-order valence-corrected chi connectivity index (χ3v) is 3.79. The number of methoxy groups -OCH3 is 1. The summed E-state index contributed by atoms with van der Waals surface area (Å²) >= 11 is 5.75. The zero-order chi connectivity index (χ0) is 16.2. The smallest absolute Gasteiger partial charge is 0.254 e. The van der Waals surface area contributed by atoms with E-state index in [4.69, 9.17) is 21.1 Å². The van der Waals surface area contributed by atoms with E-state index in [0.717, 1.165) is 0 Å². The molecule has 1 aromatic carbocycles. The fourth-order valence-electron chi connectivity index (χ4n) is 2.38. The Kier molecular flexibility index (Phi) is 4.62. The summed E-state index contributed by atoms with van der Waals surface area (Å²) in [4.78, 5) is 22.1. The summed E-state index contributed by atoms with van der Waals surface area (Å²) in [5, 5.41) is 0.297. The topological polar surface area (TPSA) is 64.5 Å². The van der Waals surface area contributed by atoms with E-state index in [1.807, 2.05) is 12.1 Å². The van der Waals surface area contributed by atoms with Crippen LogP contribution in [0.5, 0.6) is 11.6 Å². The van der Waals surface area contributed by atoms with Gasteiger partial charge in [0.25, 0.3) is 5.91 Å². The summed E-state index contributed by atoms with van der Waals surface area (Å²) in [5.74, 6) is 1.36. The van der Waals surface area contributed by atoms with E-state index >= 15 is 0 Å². The molecule has 2 heterocycles. The SMILES string of the molecule is COc1cccc(C(=O)N2CC(COc3cncc(Cl)n3)C2)c1. The van der Waals surface area contributed by atoms with Gasteiger partial charge in [0.2, 0.25) is 5.88 Å². The van der Waals surface area contributed by atoms with Crippen LogP contribution in [0.3, 0.4) is 0 Å². The van der Waals surface area contributed by atoms with E-state index < -0.39 is 0 Å². The molecule has 1 aliphatic rings. The molecule has 7 heteroatoms. The van der Waals surface area contributed by atoms with Crippen LogP contribution in [0.2, 0.25) is 5.15 Å². The van der Waals surface area contributed by atoms with Gasteiger partial charge in [-0.05, 0) is 18.2 Å². The zero-order valence-electron chi connectivity index (χ0n) is 12.6. The Balaban J connectivity index is 1.49. The molecule has 0 N–H and O–H groups in total. The average molecular weight is 334 g/mol. The first-order valence-electron chi connectivity index (χ1n) is 7.19. The first-order chi connectivity index (χ1) is 11.2. The van der Waals surface area contributed by atoms with Gasteiger partial charge in [0.05, 0.1) is 26.1 Å². The third-order valence-electron chi connectivity index (χ3n) is 3.61. The van der Waals surface area contributed by atoms with Crippen LogP contribution in [0.25, 0.3) is 0 Å². The summed E-state index contributed by atoms with van der Waals surface area (Å²) in [6.45, 7) is 1.80. The van der Waals surface area contributed by atoms with Gasteiger partial charge in [-0.25, -0.2) is 0 Å². The van der Waals surface area contributed by atoms with Gasteiger partial charge < -0.3 is 14.4 Å². The molecule has 1 saturated heterocycles. The Morgan fingerprint density at radius 2 is 2.22 bits per heavy atom. The number of amides is 1. The summed E-state index contributed by atoms with van der Waals surface area (Å²) in [6, 6.07) is 7.16. The van der Waals surface area contributed by atoms with E-state index in [0.29, 0.717) is 42.0 Å². The maximum Gasteiger partial charge on any atom is 0.254 e. The van der Waals surface area contributed by atoms with E-state index in [9.17, 15) is 4.79 Å². The van der Waals surface area contributed by atoms with Gasteiger partial charge in [-0.1, -0.05) is 17.7 Å². The molecule has 0 radical (unpaired) electrons. The summed E-state index contributed by atoms with van der Waals surface area (Å²) < 4.78 is 10.7. The highest BCUT2D eigenvalue weighted by Crippen LogP contribution is 2.22. The van der Waals surface area contributed by atoms with Crippen LogP contribution >= 0.6 is 11.6 Å². The first kappa shape index (κ1) is 15.6. The molecule has 0 unspecified atom stereocenters. The minimum absolute atomic E-state index is 0.00250. The second-order valence-electron chi connectivity index (χ2n) is 5.30. The van der Waals surface area contributed by atoms with Crippen molar-refractivity contribution in [3.63, 3.8) is 0 Å². The van der Waals surface area contributed by atoms with Crippen LogP contribution in [-0.2, 0) is 0 Å². The lowest BCUT2D eigenvalue weighted by Gasteiger charge is -2.39. The highest BCUT2D eigenvalue weighted by atomic mass is 35.5. The Morgan fingerprint density at radius 1 is 1.39 bits per heavy atom. The predicted molar refractivity (Wildman–Crippen MR) is 84.9 cm³/mol. The van der Waals surface area contributed by atoms with Crippen molar-refractivity contribution in [2.24, 2.45) is 5.92 Å².